The molecule has 1 aliphatic rings. The Morgan fingerprint density at radius 3 is 2.79 bits per heavy atom. The van der Waals surface area contributed by atoms with E-state index in [9.17, 15) is 13.2 Å². The van der Waals surface area contributed by atoms with E-state index >= 15 is 0 Å². The average Bonchev–Trinajstić information content (AvgIpc) is 3.43. The Kier molecular flexibility index (Phi) is 5.97. The van der Waals surface area contributed by atoms with Crippen LogP contribution in [-0.2, 0) is 14.8 Å². The van der Waals surface area contributed by atoms with Crippen molar-refractivity contribution in [2.75, 3.05) is 11.9 Å². The number of anilines is 1. The molecule has 1 aromatic carbocycles. The first-order chi connectivity index (χ1) is 13.9. The summed E-state index contributed by atoms with van der Waals surface area (Å²) in [5.74, 6) is -0.384. The first-order valence-electron chi connectivity index (χ1n) is 8.63. The number of carbonyl (C=O) groups is 1. The molecular weight excluding hydrogens is 473 g/mol. The molecule has 1 N–H and O–H groups in total. The van der Waals surface area contributed by atoms with Crippen LogP contribution in [0.25, 0.3) is 11.3 Å². The molecule has 29 heavy (non-hydrogen) atoms. The molecule has 6 nitrogen and oxygen atoms in total. The van der Waals surface area contributed by atoms with Crippen molar-refractivity contribution in [3.05, 3.63) is 51.1 Å². The van der Waals surface area contributed by atoms with Crippen molar-refractivity contribution in [3.8, 4) is 11.3 Å². The van der Waals surface area contributed by atoms with E-state index in [0.717, 1.165) is 11.3 Å². The summed E-state index contributed by atoms with van der Waals surface area (Å²) in [6.07, 6.45) is 1.10. The van der Waals surface area contributed by atoms with Crippen LogP contribution in [0.1, 0.15) is 12.8 Å². The van der Waals surface area contributed by atoms with E-state index in [2.05, 4.69) is 10.3 Å². The Labute approximate surface area is 186 Å². The van der Waals surface area contributed by atoms with Crippen molar-refractivity contribution in [1.82, 2.24) is 9.29 Å². The van der Waals surface area contributed by atoms with Gasteiger partial charge in [-0.1, -0.05) is 29.3 Å². The van der Waals surface area contributed by atoms with Crippen LogP contribution in [0.15, 0.2) is 45.3 Å². The number of hydrogen-bond acceptors (Lipinski definition) is 6. The molecule has 4 rings (SSSR count). The minimum atomic E-state index is -3.69. The topological polar surface area (TPSA) is 79.4 Å². The lowest BCUT2D eigenvalue weighted by atomic mass is 10.2. The van der Waals surface area contributed by atoms with Crippen LogP contribution in [0.2, 0.25) is 10.0 Å². The molecule has 1 atom stereocenters. The highest BCUT2D eigenvalue weighted by atomic mass is 35.5. The summed E-state index contributed by atoms with van der Waals surface area (Å²) >= 11 is 14.5. The summed E-state index contributed by atoms with van der Waals surface area (Å²) in [7, 11) is -3.69. The number of sulfonamides is 1. The SMILES string of the molecule is O=C(Nc1nc(-c2ccc(Cl)cc2Cl)cs1)C1CCCN1S(=O)(=O)c1cccs1. The van der Waals surface area contributed by atoms with Crippen molar-refractivity contribution in [2.45, 2.75) is 23.1 Å². The molecule has 11 heteroatoms. The predicted octanol–water partition coefficient (Wildman–Crippen LogP) is 4.97. The van der Waals surface area contributed by atoms with Gasteiger partial charge in [0.1, 0.15) is 10.3 Å². The van der Waals surface area contributed by atoms with Gasteiger partial charge in [-0.15, -0.1) is 22.7 Å². The van der Waals surface area contributed by atoms with Gasteiger partial charge in [0.25, 0.3) is 10.0 Å². The number of benzene rings is 1. The number of hydrogen-bond donors (Lipinski definition) is 1. The van der Waals surface area contributed by atoms with E-state index in [0.29, 0.717) is 45.8 Å². The molecule has 1 aliphatic heterocycles. The van der Waals surface area contributed by atoms with Crippen LogP contribution in [0, 0.1) is 0 Å². The molecule has 0 aliphatic carbocycles. The Balaban J connectivity index is 1.52. The monoisotopic (exact) mass is 487 g/mol. The first-order valence-corrected chi connectivity index (χ1v) is 12.6. The number of carbonyl (C=O) groups excluding carboxylic acids is 1. The molecule has 1 unspecified atom stereocenters. The molecule has 0 radical (unpaired) electrons. The maximum absolute atomic E-state index is 12.8. The number of thiophene rings is 1. The molecule has 3 aromatic rings. The number of amides is 1. The molecular formula is C18H15Cl2N3O3S3. The second-order valence-corrected chi connectivity index (χ2v) is 11.1. The highest BCUT2D eigenvalue weighted by molar-refractivity contribution is 7.91. The fourth-order valence-electron chi connectivity index (χ4n) is 3.16. The lowest BCUT2D eigenvalue weighted by Gasteiger charge is -2.22. The van der Waals surface area contributed by atoms with Gasteiger partial charge >= 0.3 is 0 Å². The van der Waals surface area contributed by atoms with Gasteiger partial charge in [0.2, 0.25) is 5.91 Å². The van der Waals surface area contributed by atoms with Gasteiger partial charge in [0, 0.05) is 22.5 Å². The zero-order chi connectivity index (χ0) is 20.6. The average molecular weight is 488 g/mol. The first kappa shape index (κ1) is 20.8. The van der Waals surface area contributed by atoms with Crippen molar-refractivity contribution < 1.29 is 13.2 Å². The number of nitrogens with zero attached hydrogens (tertiary/aromatic N) is 2. The summed E-state index contributed by atoms with van der Waals surface area (Å²) in [6.45, 7) is 0.321. The second-order valence-electron chi connectivity index (χ2n) is 6.36. The molecule has 0 spiro atoms. The van der Waals surface area contributed by atoms with Crippen LogP contribution >= 0.6 is 45.9 Å². The minimum absolute atomic E-state index is 0.242. The minimum Gasteiger partial charge on any atom is -0.301 e. The summed E-state index contributed by atoms with van der Waals surface area (Å²) in [4.78, 5) is 17.2. The Bertz CT molecular complexity index is 1150. The van der Waals surface area contributed by atoms with Crippen molar-refractivity contribution in [1.29, 1.82) is 0 Å². The van der Waals surface area contributed by atoms with E-state index < -0.39 is 16.1 Å². The van der Waals surface area contributed by atoms with Gasteiger partial charge in [-0.25, -0.2) is 13.4 Å². The smallest absolute Gasteiger partial charge is 0.253 e. The molecule has 1 fully saturated rings. The predicted molar refractivity (Wildman–Crippen MR) is 117 cm³/mol. The summed E-state index contributed by atoms with van der Waals surface area (Å²) in [5, 5.41) is 7.60. The van der Waals surface area contributed by atoms with Gasteiger partial charge in [0.15, 0.2) is 5.13 Å². The number of nitrogens with one attached hydrogen (secondary N) is 1. The Morgan fingerprint density at radius 2 is 2.07 bits per heavy atom. The van der Waals surface area contributed by atoms with E-state index in [1.165, 1.54) is 15.6 Å². The summed E-state index contributed by atoms with van der Waals surface area (Å²) < 4.78 is 27.2. The quantitative estimate of drug-likeness (QED) is 0.550. The summed E-state index contributed by atoms with van der Waals surface area (Å²) in [6, 6.07) is 7.58. The number of rotatable bonds is 5. The number of halogens is 2. The molecule has 152 valence electrons. The van der Waals surface area contributed by atoms with Gasteiger partial charge in [-0.05, 0) is 42.5 Å². The number of thiazole rings is 1. The lowest BCUT2D eigenvalue weighted by Crippen LogP contribution is -2.42. The Hall–Kier alpha value is -1.49. The lowest BCUT2D eigenvalue weighted by molar-refractivity contribution is -0.119. The summed E-state index contributed by atoms with van der Waals surface area (Å²) in [5.41, 5.74) is 1.32. The highest BCUT2D eigenvalue weighted by Crippen LogP contribution is 2.33. The van der Waals surface area contributed by atoms with Crippen molar-refractivity contribution >= 4 is 66.9 Å². The van der Waals surface area contributed by atoms with Crippen LogP contribution in [0.3, 0.4) is 0 Å². The van der Waals surface area contributed by atoms with Crippen LogP contribution < -0.4 is 5.32 Å². The van der Waals surface area contributed by atoms with Crippen LogP contribution in [0.4, 0.5) is 5.13 Å². The largest absolute Gasteiger partial charge is 0.301 e. The van der Waals surface area contributed by atoms with Crippen LogP contribution in [-0.4, -0.2) is 36.2 Å². The third kappa shape index (κ3) is 4.21. The molecule has 0 bridgehead atoms. The number of aromatic nitrogens is 1. The second kappa shape index (κ2) is 8.33. The molecule has 0 saturated carbocycles. The van der Waals surface area contributed by atoms with Gasteiger partial charge in [-0.3, -0.25) is 4.79 Å². The normalized spacial score (nSPS) is 17.5. The third-order valence-corrected chi connectivity index (χ3v) is 9.09. The van der Waals surface area contributed by atoms with E-state index in [4.69, 9.17) is 23.2 Å². The van der Waals surface area contributed by atoms with Gasteiger partial charge in [0.05, 0.1) is 10.7 Å². The fourth-order valence-corrected chi connectivity index (χ4v) is 7.15. The van der Waals surface area contributed by atoms with Gasteiger partial charge < -0.3 is 5.32 Å². The molecule has 3 heterocycles. The van der Waals surface area contributed by atoms with E-state index in [1.807, 2.05) is 0 Å². The van der Waals surface area contributed by atoms with Crippen LogP contribution in [0.5, 0.6) is 0 Å². The van der Waals surface area contributed by atoms with Gasteiger partial charge in [-0.2, -0.15) is 4.31 Å². The third-order valence-electron chi connectivity index (χ3n) is 4.51. The maximum atomic E-state index is 12.8. The Morgan fingerprint density at radius 1 is 1.24 bits per heavy atom. The molecule has 1 amide bonds. The highest BCUT2D eigenvalue weighted by Gasteiger charge is 2.40. The maximum Gasteiger partial charge on any atom is 0.253 e. The van der Waals surface area contributed by atoms with Crippen molar-refractivity contribution in [2.24, 2.45) is 0 Å². The zero-order valence-electron chi connectivity index (χ0n) is 14.8. The zero-order valence-corrected chi connectivity index (χ0v) is 18.8. The fraction of sp³-hybridized carbons (Fsp3) is 0.222. The van der Waals surface area contributed by atoms with E-state index in [1.54, 1.807) is 41.1 Å². The molecule has 2 aromatic heterocycles. The standard InChI is InChI=1S/C18H15Cl2N3O3S3/c19-11-5-6-12(13(20)9-11)14-10-28-18(21-14)22-17(24)15-3-1-7-23(15)29(25,26)16-4-2-8-27-16/h2,4-6,8-10,15H,1,3,7H2,(H,21,22,24). The van der Waals surface area contributed by atoms with Crippen molar-refractivity contribution in [3.63, 3.8) is 0 Å². The van der Waals surface area contributed by atoms with E-state index in [-0.39, 0.29) is 10.1 Å². The molecule has 1 saturated heterocycles.